The number of hydrogen-bond donors (Lipinski definition) is 1. The van der Waals surface area contributed by atoms with Gasteiger partial charge in [-0.3, -0.25) is 14.4 Å². The van der Waals surface area contributed by atoms with Crippen LogP contribution in [0.1, 0.15) is 39.4 Å². The summed E-state index contributed by atoms with van der Waals surface area (Å²) in [5, 5.41) is 0. The van der Waals surface area contributed by atoms with E-state index in [4.69, 9.17) is 9.47 Å². The zero-order valence-electron chi connectivity index (χ0n) is 16.2. The molecular formula is C24H21NO5. The molecule has 3 aromatic rings. The van der Waals surface area contributed by atoms with Crippen LogP contribution in [-0.4, -0.2) is 22.7 Å². The second-order valence-electron chi connectivity index (χ2n) is 7.22. The summed E-state index contributed by atoms with van der Waals surface area (Å²) >= 11 is 0. The lowest BCUT2D eigenvalue weighted by molar-refractivity contribution is -0.164. The van der Waals surface area contributed by atoms with E-state index in [2.05, 4.69) is 4.98 Å². The number of carbonyl (C=O) groups excluding carboxylic acids is 3. The van der Waals surface area contributed by atoms with Gasteiger partial charge >= 0.3 is 11.9 Å². The van der Waals surface area contributed by atoms with E-state index in [1.807, 2.05) is 60.7 Å². The van der Waals surface area contributed by atoms with Crippen LogP contribution in [0.5, 0.6) is 0 Å². The number of hydrogen-bond acceptors (Lipinski definition) is 5. The highest BCUT2D eigenvalue weighted by atomic mass is 16.6. The molecule has 2 aromatic carbocycles. The zero-order valence-corrected chi connectivity index (χ0v) is 16.2. The first-order valence-corrected chi connectivity index (χ1v) is 9.74. The molecule has 1 heterocycles. The summed E-state index contributed by atoms with van der Waals surface area (Å²) in [5.74, 6) is -3.30. The lowest BCUT2D eigenvalue weighted by atomic mass is 9.88. The van der Waals surface area contributed by atoms with Gasteiger partial charge in [-0.1, -0.05) is 60.7 Å². The molecule has 6 heteroatoms. The largest absolute Gasteiger partial charge is 0.460 e. The quantitative estimate of drug-likeness (QED) is 0.479. The minimum Gasteiger partial charge on any atom is -0.460 e. The van der Waals surface area contributed by atoms with E-state index >= 15 is 0 Å². The molecule has 1 aliphatic carbocycles. The number of aromatic nitrogens is 1. The fourth-order valence-corrected chi connectivity index (χ4v) is 3.70. The number of esters is 2. The Hall–Kier alpha value is -3.67. The molecule has 1 aromatic heterocycles. The number of fused-ring (bicyclic) bond motifs is 1. The van der Waals surface area contributed by atoms with E-state index in [0.29, 0.717) is 11.1 Å². The molecule has 0 bridgehead atoms. The smallest absolute Gasteiger partial charge is 0.321 e. The van der Waals surface area contributed by atoms with E-state index in [1.54, 1.807) is 12.4 Å². The summed E-state index contributed by atoms with van der Waals surface area (Å²) in [5.41, 5.74) is 2.79. The molecule has 1 aliphatic rings. The van der Waals surface area contributed by atoms with Gasteiger partial charge < -0.3 is 14.5 Å². The Morgan fingerprint density at radius 1 is 0.867 bits per heavy atom. The lowest BCUT2D eigenvalue weighted by Gasteiger charge is -2.21. The third-order valence-corrected chi connectivity index (χ3v) is 5.24. The molecule has 1 atom stereocenters. The van der Waals surface area contributed by atoms with Crippen molar-refractivity contribution >= 4 is 17.7 Å². The number of H-pyrrole nitrogens is 1. The molecule has 0 saturated carbocycles. The van der Waals surface area contributed by atoms with Gasteiger partial charge in [0.15, 0.2) is 11.7 Å². The number of carbonyl (C=O) groups is 3. The molecule has 0 saturated heterocycles. The van der Waals surface area contributed by atoms with Gasteiger partial charge in [0.25, 0.3) is 0 Å². The van der Waals surface area contributed by atoms with Crippen LogP contribution < -0.4 is 0 Å². The molecule has 6 nitrogen and oxygen atoms in total. The summed E-state index contributed by atoms with van der Waals surface area (Å²) < 4.78 is 10.9. The summed E-state index contributed by atoms with van der Waals surface area (Å²) in [4.78, 5) is 41.1. The maximum Gasteiger partial charge on any atom is 0.321 e. The van der Waals surface area contributed by atoms with Crippen molar-refractivity contribution in [2.24, 2.45) is 5.92 Å². The number of aromatic amines is 1. The number of ether oxygens (including phenoxy) is 2. The van der Waals surface area contributed by atoms with E-state index in [0.717, 1.165) is 11.1 Å². The summed E-state index contributed by atoms with van der Waals surface area (Å²) in [6, 6.07) is 18.4. The Bertz CT molecular complexity index is 986. The summed E-state index contributed by atoms with van der Waals surface area (Å²) in [7, 11) is 0. The van der Waals surface area contributed by atoms with Gasteiger partial charge in [0.05, 0.1) is 0 Å². The highest BCUT2D eigenvalue weighted by Gasteiger charge is 2.44. The molecule has 4 rings (SSSR count). The Balaban J connectivity index is 1.52. The third-order valence-electron chi connectivity index (χ3n) is 5.24. The van der Waals surface area contributed by atoms with Gasteiger partial charge in [-0.15, -0.1) is 0 Å². The van der Waals surface area contributed by atoms with Crippen LogP contribution in [0.15, 0.2) is 73.1 Å². The number of ketones is 1. The SMILES string of the molecule is O=C1CC(C(C(=O)OCc2ccccc2)C(=O)OCc2ccccc2)c2c[nH]cc21. The highest BCUT2D eigenvalue weighted by Crippen LogP contribution is 2.39. The molecule has 0 aliphatic heterocycles. The molecule has 0 amide bonds. The van der Waals surface area contributed by atoms with Crippen LogP contribution in [0.3, 0.4) is 0 Å². The van der Waals surface area contributed by atoms with E-state index in [1.165, 1.54) is 0 Å². The fraction of sp³-hybridized carbons (Fsp3) is 0.208. The minimum atomic E-state index is -1.21. The van der Waals surface area contributed by atoms with Crippen molar-refractivity contribution in [2.45, 2.75) is 25.6 Å². The Labute approximate surface area is 173 Å². The van der Waals surface area contributed by atoms with E-state index < -0.39 is 23.8 Å². The molecule has 0 fully saturated rings. The zero-order chi connectivity index (χ0) is 20.9. The maximum absolute atomic E-state index is 13.0. The predicted molar refractivity (Wildman–Crippen MR) is 108 cm³/mol. The van der Waals surface area contributed by atoms with Crippen molar-refractivity contribution < 1.29 is 23.9 Å². The Kier molecular flexibility index (Phi) is 5.75. The second kappa shape index (κ2) is 8.78. The first kappa shape index (κ1) is 19.6. The highest BCUT2D eigenvalue weighted by molar-refractivity contribution is 6.04. The van der Waals surface area contributed by atoms with Gasteiger partial charge in [-0.25, -0.2) is 0 Å². The van der Waals surface area contributed by atoms with Crippen molar-refractivity contribution in [1.29, 1.82) is 0 Å². The van der Waals surface area contributed by atoms with Gasteiger partial charge in [-0.2, -0.15) is 0 Å². The summed E-state index contributed by atoms with van der Waals surface area (Å²) in [6.07, 6.45) is 3.33. The lowest BCUT2D eigenvalue weighted by Crippen LogP contribution is -2.32. The normalized spacial score (nSPS) is 15.1. The number of rotatable bonds is 7. The van der Waals surface area contributed by atoms with Crippen LogP contribution in [0.2, 0.25) is 0 Å². The first-order valence-electron chi connectivity index (χ1n) is 9.74. The minimum absolute atomic E-state index is 0.0444. The second-order valence-corrected chi connectivity index (χ2v) is 7.22. The van der Waals surface area contributed by atoms with Gasteiger partial charge in [0.1, 0.15) is 13.2 Å². The molecule has 0 radical (unpaired) electrons. The van der Waals surface area contributed by atoms with Gasteiger partial charge in [0, 0.05) is 30.3 Å². The van der Waals surface area contributed by atoms with Crippen LogP contribution in [0.25, 0.3) is 0 Å². The average molecular weight is 403 g/mol. The average Bonchev–Trinajstić information content (AvgIpc) is 3.37. The number of nitrogens with one attached hydrogen (secondary N) is 1. The van der Waals surface area contributed by atoms with Crippen LogP contribution in [-0.2, 0) is 32.3 Å². The van der Waals surface area contributed by atoms with Crippen molar-refractivity contribution in [3.63, 3.8) is 0 Å². The summed E-state index contributed by atoms with van der Waals surface area (Å²) in [6.45, 7) is 0.0889. The molecule has 1 unspecified atom stereocenters. The van der Waals surface area contributed by atoms with Crippen LogP contribution >= 0.6 is 0 Å². The number of Topliss-reactive ketones (excluding diaryl/α,β-unsaturated/α-hetero) is 1. The monoisotopic (exact) mass is 403 g/mol. The topological polar surface area (TPSA) is 85.5 Å². The van der Waals surface area contributed by atoms with Gasteiger partial charge in [-0.05, 0) is 16.7 Å². The molecule has 152 valence electrons. The first-order chi connectivity index (χ1) is 14.6. The van der Waals surface area contributed by atoms with Crippen LogP contribution in [0.4, 0.5) is 0 Å². The van der Waals surface area contributed by atoms with Crippen LogP contribution in [0, 0.1) is 5.92 Å². The Morgan fingerprint density at radius 2 is 1.40 bits per heavy atom. The molecular weight excluding hydrogens is 382 g/mol. The van der Waals surface area contributed by atoms with E-state index in [-0.39, 0.29) is 25.4 Å². The van der Waals surface area contributed by atoms with E-state index in [9.17, 15) is 14.4 Å². The van der Waals surface area contributed by atoms with Crippen molar-refractivity contribution in [3.8, 4) is 0 Å². The molecule has 30 heavy (non-hydrogen) atoms. The molecule has 1 N–H and O–H groups in total. The van der Waals surface area contributed by atoms with Crippen molar-refractivity contribution in [3.05, 3.63) is 95.3 Å². The van der Waals surface area contributed by atoms with Gasteiger partial charge in [0.2, 0.25) is 0 Å². The molecule has 0 spiro atoms. The third kappa shape index (κ3) is 4.17. The standard InChI is InChI=1S/C24H21NO5/c26-21-11-18(19-12-25-13-20(19)21)22(23(27)29-14-16-7-3-1-4-8-16)24(28)30-15-17-9-5-2-6-10-17/h1-10,12-13,18,22,25H,11,14-15H2. The maximum atomic E-state index is 13.0. The van der Waals surface area contributed by atoms with Crippen molar-refractivity contribution in [2.75, 3.05) is 0 Å². The number of benzene rings is 2. The fourth-order valence-electron chi connectivity index (χ4n) is 3.70. The Morgan fingerprint density at radius 3 is 1.93 bits per heavy atom. The predicted octanol–water partition coefficient (Wildman–Crippen LogP) is 3.79. The van der Waals surface area contributed by atoms with Crippen molar-refractivity contribution in [1.82, 2.24) is 4.98 Å².